The van der Waals surface area contributed by atoms with Gasteiger partial charge in [0.2, 0.25) is 17.1 Å². The second-order valence-electron chi connectivity index (χ2n) is 2.14. The largest absolute Gasteiger partial charge is 0.478 e. The minimum absolute atomic E-state index is 0. The Morgan fingerprint density at radius 2 is 1.93 bits per heavy atom. The number of aromatic nitrogens is 4. The number of halogens is 1. The van der Waals surface area contributed by atoms with E-state index < -0.39 is 0 Å². The number of nitrogen functional groups attached to an aromatic ring is 1. The summed E-state index contributed by atoms with van der Waals surface area (Å²) < 4.78 is 9.30. The molecule has 8 nitrogen and oxygen atoms in total. The third-order valence-electron chi connectivity index (χ3n) is 1.41. The molecule has 3 N–H and O–H groups in total. The summed E-state index contributed by atoms with van der Waals surface area (Å²) in [6.45, 7) is 0. The smallest absolute Gasteiger partial charge is 0.260 e. The summed E-state index contributed by atoms with van der Waals surface area (Å²) in [7, 11) is 1.45. The number of rotatable bonds is 2. The number of methoxy groups -OCH3 is 1. The van der Waals surface area contributed by atoms with E-state index in [4.69, 9.17) is 10.6 Å². The van der Waals surface area contributed by atoms with Crippen molar-refractivity contribution in [2.75, 3.05) is 12.5 Å². The average Bonchev–Trinajstić information content (AvgIpc) is 2.62. The van der Waals surface area contributed by atoms with Gasteiger partial charge in [0.1, 0.15) is 0 Å². The predicted molar refractivity (Wildman–Crippen MR) is 49.0 cm³/mol. The van der Waals surface area contributed by atoms with E-state index in [1.165, 1.54) is 7.11 Å². The van der Waals surface area contributed by atoms with Gasteiger partial charge in [-0.3, -0.25) is 0 Å². The number of anilines is 1. The molecule has 0 aromatic carbocycles. The summed E-state index contributed by atoms with van der Waals surface area (Å²) >= 11 is 0. The molecule has 9 heteroatoms. The van der Waals surface area contributed by atoms with E-state index >= 15 is 0 Å². The van der Waals surface area contributed by atoms with Crippen molar-refractivity contribution in [3.63, 3.8) is 0 Å². The lowest BCUT2D eigenvalue weighted by Gasteiger charge is -2.02. The molecule has 0 saturated heterocycles. The van der Waals surface area contributed by atoms with Crippen molar-refractivity contribution in [1.29, 1.82) is 0 Å². The summed E-state index contributed by atoms with van der Waals surface area (Å²) in [4.78, 5) is 7.86. The van der Waals surface area contributed by atoms with E-state index in [2.05, 4.69) is 30.3 Å². The van der Waals surface area contributed by atoms with E-state index in [1.54, 1.807) is 0 Å². The van der Waals surface area contributed by atoms with Crippen molar-refractivity contribution in [2.45, 2.75) is 0 Å². The van der Waals surface area contributed by atoms with E-state index in [9.17, 15) is 0 Å². The minimum Gasteiger partial charge on any atom is -0.478 e. The van der Waals surface area contributed by atoms with Gasteiger partial charge in [0.15, 0.2) is 0 Å². The minimum atomic E-state index is 0. The highest BCUT2D eigenvalue weighted by molar-refractivity contribution is 5.85. The lowest BCUT2D eigenvalue weighted by Crippen LogP contribution is -2.11. The molecule has 2 rings (SSSR count). The molecule has 0 unspecified atom stereocenters. The van der Waals surface area contributed by atoms with Gasteiger partial charge in [0, 0.05) is 0 Å². The second kappa shape index (κ2) is 4.03. The van der Waals surface area contributed by atoms with Crippen LogP contribution in [0.15, 0.2) is 4.63 Å². The molecule has 2 aromatic rings. The third-order valence-corrected chi connectivity index (χ3v) is 1.41. The maximum absolute atomic E-state index is 5.17. The van der Waals surface area contributed by atoms with Crippen LogP contribution in [0.3, 0.4) is 0 Å². The van der Waals surface area contributed by atoms with E-state index in [1.807, 2.05) is 0 Å². The number of ether oxygens (including phenoxy) is 1. The summed E-state index contributed by atoms with van der Waals surface area (Å²) in [6, 6.07) is 0. The summed E-state index contributed by atoms with van der Waals surface area (Å²) in [5.74, 6) is 5.70. The van der Waals surface area contributed by atoms with Crippen LogP contribution >= 0.6 is 12.4 Å². The van der Waals surface area contributed by atoms with Crippen LogP contribution in [0.5, 0.6) is 5.88 Å². The molecule has 0 aliphatic rings. The number of hydrogen-bond acceptors (Lipinski definition) is 8. The summed E-state index contributed by atoms with van der Waals surface area (Å²) in [5, 5.41) is 6.99. The van der Waals surface area contributed by atoms with Crippen LogP contribution in [0.4, 0.5) is 5.82 Å². The molecule has 0 atom stereocenters. The van der Waals surface area contributed by atoms with Crippen LogP contribution in [0, 0.1) is 0 Å². The van der Waals surface area contributed by atoms with Crippen LogP contribution in [-0.2, 0) is 0 Å². The first-order chi connectivity index (χ1) is 6.35. The molecular formula is C5H7ClN6O2. The SMILES string of the molecule is COc1nc2nonc2nc1NN.Cl. The third kappa shape index (κ3) is 1.52. The number of nitrogens with one attached hydrogen (secondary N) is 1. The molecule has 0 aliphatic heterocycles. The highest BCUT2D eigenvalue weighted by Gasteiger charge is 2.11. The topological polar surface area (TPSA) is 112 Å². The molecule has 0 bridgehead atoms. The lowest BCUT2D eigenvalue weighted by atomic mass is 10.6. The van der Waals surface area contributed by atoms with Crippen LogP contribution in [0.1, 0.15) is 0 Å². The molecule has 0 aliphatic carbocycles. The predicted octanol–water partition coefficient (Wildman–Crippen LogP) is -0.271. The van der Waals surface area contributed by atoms with Gasteiger partial charge in [-0.1, -0.05) is 0 Å². The molecule has 2 heterocycles. The van der Waals surface area contributed by atoms with Crippen LogP contribution in [-0.4, -0.2) is 27.4 Å². The van der Waals surface area contributed by atoms with Crippen molar-refractivity contribution in [1.82, 2.24) is 20.3 Å². The first kappa shape index (κ1) is 10.4. The number of fused-ring (bicyclic) bond motifs is 1. The van der Waals surface area contributed by atoms with Gasteiger partial charge in [-0.05, 0) is 10.3 Å². The highest BCUT2D eigenvalue weighted by Crippen LogP contribution is 2.19. The molecule has 0 radical (unpaired) electrons. The van der Waals surface area contributed by atoms with Gasteiger partial charge in [-0.2, -0.15) is 9.97 Å². The van der Waals surface area contributed by atoms with E-state index in [0.29, 0.717) is 0 Å². The van der Waals surface area contributed by atoms with Gasteiger partial charge >= 0.3 is 0 Å². The average molecular weight is 219 g/mol. The quantitative estimate of drug-likeness (QED) is 0.523. The number of hydrogen-bond donors (Lipinski definition) is 2. The molecule has 0 spiro atoms. The Labute approximate surface area is 84.2 Å². The van der Waals surface area contributed by atoms with Crippen molar-refractivity contribution in [2.24, 2.45) is 5.84 Å². The molecule has 0 fully saturated rings. The second-order valence-corrected chi connectivity index (χ2v) is 2.14. The molecule has 76 valence electrons. The van der Waals surface area contributed by atoms with E-state index in [-0.39, 0.29) is 35.4 Å². The van der Waals surface area contributed by atoms with Crippen molar-refractivity contribution in [3.05, 3.63) is 0 Å². The van der Waals surface area contributed by atoms with Gasteiger partial charge in [0.25, 0.3) is 5.88 Å². The molecule has 2 aromatic heterocycles. The number of hydrazine groups is 1. The zero-order valence-electron chi connectivity index (χ0n) is 7.09. The van der Waals surface area contributed by atoms with Crippen molar-refractivity contribution < 1.29 is 9.37 Å². The van der Waals surface area contributed by atoms with Gasteiger partial charge < -0.3 is 10.2 Å². The van der Waals surface area contributed by atoms with Crippen molar-refractivity contribution >= 4 is 29.5 Å². The zero-order valence-corrected chi connectivity index (χ0v) is 7.91. The van der Waals surface area contributed by atoms with Gasteiger partial charge in [0.05, 0.1) is 7.11 Å². The maximum Gasteiger partial charge on any atom is 0.260 e. The number of nitrogens with zero attached hydrogens (tertiary/aromatic N) is 4. The molecule has 14 heavy (non-hydrogen) atoms. The fraction of sp³-hybridized carbons (Fsp3) is 0.200. The Hall–Kier alpha value is -1.67. The van der Waals surface area contributed by atoms with Gasteiger partial charge in [-0.25, -0.2) is 10.5 Å². The molecule has 0 saturated carbocycles. The number of nitrogens with two attached hydrogens (primary N) is 1. The molecule has 0 amide bonds. The van der Waals surface area contributed by atoms with Crippen LogP contribution < -0.4 is 16.0 Å². The normalized spacial score (nSPS) is 9.57. The maximum atomic E-state index is 5.17. The first-order valence-corrected chi connectivity index (χ1v) is 3.36. The summed E-state index contributed by atoms with van der Waals surface area (Å²) in [5.41, 5.74) is 2.87. The Bertz CT molecular complexity index is 393. The Kier molecular flexibility index (Phi) is 2.99. The highest BCUT2D eigenvalue weighted by atomic mass is 35.5. The van der Waals surface area contributed by atoms with Crippen molar-refractivity contribution in [3.8, 4) is 5.88 Å². The van der Waals surface area contributed by atoms with Crippen LogP contribution in [0.2, 0.25) is 0 Å². The Balaban J connectivity index is 0.000000980. The fourth-order valence-electron chi connectivity index (χ4n) is 0.859. The Morgan fingerprint density at radius 3 is 2.50 bits per heavy atom. The monoisotopic (exact) mass is 218 g/mol. The van der Waals surface area contributed by atoms with Crippen LogP contribution in [0.25, 0.3) is 11.3 Å². The fourth-order valence-corrected chi connectivity index (χ4v) is 0.859. The lowest BCUT2D eigenvalue weighted by molar-refractivity contribution is 0.313. The van der Waals surface area contributed by atoms with E-state index in [0.717, 1.165) is 0 Å². The van der Waals surface area contributed by atoms with Gasteiger partial charge in [-0.15, -0.1) is 12.4 Å². The Morgan fingerprint density at radius 1 is 1.29 bits per heavy atom. The zero-order chi connectivity index (χ0) is 9.26. The molecular weight excluding hydrogens is 212 g/mol. The summed E-state index contributed by atoms with van der Waals surface area (Å²) in [6.07, 6.45) is 0. The first-order valence-electron chi connectivity index (χ1n) is 3.36. The standard InChI is InChI=1S/C5H6N6O2.ClH/c1-12-5-4(9-6)7-2-3(8-5)11-13-10-2;/h6H2,1H3,(H,7,9,10);1H.